The fourth-order valence-electron chi connectivity index (χ4n) is 2.88. The molecule has 1 unspecified atom stereocenters. The van der Waals surface area contributed by atoms with Crippen LogP contribution in [0.1, 0.15) is 23.1 Å². The molecule has 130 valence electrons. The van der Waals surface area contributed by atoms with Gasteiger partial charge in [-0.1, -0.05) is 30.3 Å². The van der Waals surface area contributed by atoms with Gasteiger partial charge in [-0.15, -0.1) is 0 Å². The monoisotopic (exact) mass is 356 g/mol. The average molecular weight is 356 g/mol. The molecular weight excluding hydrogens is 336 g/mol. The van der Waals surface area contributed by atoms with Gasteiger partial charge in [-0.05, 0) is 30.2 Å². The minimum absolute atomic E-state index is 0.0251. The lowest BCUT2D eigenvalue weighted by Gasteiger charge is -2.12. The molecule has 1 aliphatic rings. The molecule has 5 nitrogen and oxygen atoms in total. The number of sulfone groups is 1. The zero-order valence-electron chi connectivity index (χ0n) is 13.8. The molecule has 1 aliphatic heterocycles. The maximum Gasteiger partial charge on any atom is 0.151 e. The number of hydrogen-bond donors (Lipinski definition) is 1. The van der Waals surface area contributed by atoms with Gasteiger partial charge in [-0.3, -0.25) is 0 Å². The fourth-order valence-corrected chi connectivity index (χ4v) is 4.59. The van der Waals surface area contributed by atoms with Gasteiger partial charge in [0.25, 0.3) is 0 Å². The van der Waals surface area contributed by atoms with Crippen molar-refractivity contribution in [3.8, 4) is 11.8 Å². The van der Waals surface area contributed by atoms with Crippen LogP contribution in [-0.4, -0.2) is 26.0 Å². The molecule has 0 saturated carbocycles. The van der Waals surface area contributed by atoms with Gasteiger partial charge in [0.05, 0.1) is 23.1 Å². The van der Waals surface area contributed by atoms with Crippen LogP contribution in [0.5, 0.6) is 5.75 Å². The normalized spacial score (nSPS) is 18.6. The maximum atomic E-state index is 11.5. The Hall–Kier alpha value is -2.36. The molecule has 1 heterocycles. The highest BCUT2D eigenvalue weighted by molar-refractivity contribution is 7.91. The summed E-state index contributed by atoms with van der Waals surface area (Å²) in [6, 6.07) is 17.3. The Bertz CT molecular complexity index is 888. The van der Waals surface area contributed by atoms with E-state index in [9.17, 15) is 8.42 Å². The molecule has 0 bridgehead atoms. The molecule has 3 rings (SSSR count). The summed E-state index contributed by atoms with van der Waals surface area (Å²) < 4.78 is 28.8. The Morgan fingerprint density at radius 1 is 1.20 bits per heavy atom. The van der Waals surface area contributed by atoms with Crippen molar-refractivity contribution in [3.63, 3.8) is 0 Å². The van der Waals surface area contributed by atoms with E-state index in [2.05, 4.69) is 11.4 Å². The lowest BCUT2D eigenvalue weighted by molar-refractivity contribution is 0.305. The van der Waals surface area contributed by atoms with E-state index >= 15 is 0 Å². The van der Waals surface area contributed by atoms with E-state index in [1.807, 2.05) is 42.5 Å². The van der Waals surface area contributed by atoms with E-state index in [-0.39, 0.29) is 17.5 Å². The highest BCUT2D eigenvalue weighted by Gasteiger charge is 2.27. The number of hydrogen-bond acceptors (Lipinski definition) is 5. The Morgan fingerprint density at radius 2 is 2.04 bits per heavy atom. The van der Waals surface area contributed by atoms with Crippen LogP contribution < -0.4 is 10.1 Å². The van der Waals surface area contributed by atoms with Crippen molar-refractivity contribution in [3.05, 3.63) is 65.2 Å². The molecule has 2 aromatic carbocycles. The zero-order chi connectivity index (χ0) is 17.7. The first-order chi connectivity index (χ1) is 12.1. The van der Waals surface area contributed by atoms with Crippen LogP contribution in [0, 0.1) is 11.3 Å². The summed E-state index contributed by atoms with van der Waals surface area (Å²) >= 11 is 0. The number of nitrogens with zero attached hydrogens (tertiary/aromatic N) is 1. The summed E-state index contributed by atoms with van der Waals surface area (Å²) in [5.74, 6) is 1.21. The second kappa shape index (κ2) is 7.68. The van der Waals surface area contributed by atoms with Crippen LogP contribution in [-0.2, 0) is 23.0 Å². The highest BCUT2D eigenvalue weighted by atomic mass is 32.2. The van der Waals surface area contributed by atoms with E-state index < -0.39 is 9.84 Å². The summed E-state index contributed by atoms with van der Waals surface area (Å²) in [7, 11) is -2.87. The quantitative estimate of drug-likeness (QED) is 0.860. The lowest BCUT2D eigenvalue weighted by Crippen LogP contribution is -2.29. The summed E-state index contributed by atoms with van der Waals surface area (Å²) in [6.07, 6.45) is 0.670. The zero-order valence-corrected chi connectivity index (χ0v) is 14.6. The van der Waals surface area contributed by atoms with E-state index in [1.165, 1.54) is 0 Å². The molecule has 0 aromatic heterocycles. The minimum Gasteiger partial charge on any atom is -0.489 e. The van der Waals surface area contributed by atoms with E-state index in [0.29, 0.717) is 25.1 Å². The Kier molecular flexibility index (Phi) is 5.37. The Labute approximate surface area is 148 Å². The van der Waals surface area contributed by atoms with Gasteiger partial charge in [-0.25, -0.2) is 8.42 Å². The van der Waals surface area contributed by atoms with Crippen LogP contribution in [0.3, 0.4) is 0 Å². The standard InChI is InChI=1S/C19H20N2O3S/c20-11-16-5-1-2-6-17(16)13-24-19-7-3-4-15(10-19)12-21-18-8-9-25(22,23)14-18/h1-7,10,18,21H,8-9,12-14H2. The number of rotatable bonds is 6. The second-order valence-electron chi connectivity index (χ2n) is 6.19. The van der Waals surface area contributed by atoms with Crippen molar-refractivity contribution in [2.45, 2.75) is 25.6 Å². The Morgan fingerprint density at radius 3 is 2.80 bits per heavy atom. The number of benzene rings is 2. The molecule has 1 fully saturated rings. The number of nitriles is 1. The number of nitrogens with one attached hydrogen (secondary N) is 1. The van der Waals surface area contributed by atoms with Crippen LogP contribution >= 0.6 is 0 Å². The van der Waals surface area contributed by atoms with Crippen molar-refractivity contribution >= 4 is 9.84 Å². The molecule has 1 atom stereocenters. The van der Waals surface area contributed by atoms with E-state index in [4.69, 9.17) is 10.00 Å². The largest absolute Gasteiger partial charge is 0.489 e. The molecular formula is C19H20N2O3S. The van der Waals surface area contributed by atoms with Crippen LogP contribution in [0.25, 0.3) is 0 Å². The molecule has 2 aromatic rings. The fraction of sp³-hybridized carbons (Fsp3) is 0.316. The summed E-state index contributed by atoms with van der Waals surface area (Å²) in [5.41, 5.74) is 2.50. The topological polar surface area (TPSA) is 79.2 Å². The summed E-state index contributed by atoms with van der Waals surface area (Å²) in [5, 5.41) is 12.4. The highest BCUT2D eigenvalue weighted by Crippen LogP contribution is 2.18. The molecule has 0 spiro atoms. The van der Waals surface area contributed by atoms with Crippen LogP contribution in [0.2, 0.25) is 0 Å². The average Bonchev–Trinajstić information content (AvgIpc) is 2.98. The third kappa shape index (κ3) is 4.81. The van der Waals surface area contributed by atoms with Gasteiger partial charge < -0.3 is 10.1 Å². The second-order valence-corrected chi connectivity index (χ2v) is 8.41. The molecule has 0 amide bonds. The van der Waals surface area contributed by atoms with Crippen molar-refractivity contribution in [2.24, 2.45) is 0 Å². The molecule has 0 aliphatic carbocycles. The minimum atomic E-state index is -2.87. The van der Waals surface area contributed by atoms with Crippen molar-refractivity contribution in [2.75, 3.05) is 11.5 Å². The molecule has 1 N–H and O–H groups in total. The van der Waals surface area contributed by atoms with Gasteiger partial charge in [0.2, 0.25) is 0 Å². The predicted octanol–water partition coefficient (Wildman–Crippen LogP) is 2.41. The van der Waals surface area contributed by atoms with Gasteiger partial charge in [-0.2, -0.15) is 5.26 Å². The Balaban J connectivity index is 1.57. The third-order valence-electron chi connectivity index (χ3n) is 4.26. The van der Waals surface area contributed by atoms with Crippen molar-refractivity contribution < 1.29 is 13.2 Å². The van der Waals surface area contributed by atoms with Gasteiger partial charge in [0.15, 0.2) is 9.84 Å². The van der Waals surface area contributed by atoms with Gasteiger partial charge in [0.1, 0.15) is 12.4 Å². The molecule has 1 saturated heterocycles. The van der Waals surface area contributed by atoms with E-state index in [0.717, 1.165) is 16.9 Å². The SMILES string of the molecule is N#Cc1ccccc1COc1cccc(CNC2CCS(=O)(=O)C2)c1. The van der Waals surface area contributed by atoms with Crippen molar-refractivity contribution in [1.82, 2.24) is 5.32 Å². The van der Waals surface area contributed by atoms with Gasteiger partial charge >= 0.3 is 0 Å². The lowest BCUT2D eigenvalue weighted by atomic mass is 10.1. The molecule has 6 heteroatoms. The molecule has 25 heavy (non-hydrogen) atoms. The predicted molar refractivity (Wildman–Crippen MR) is 95.8 cm³/mol. The molecule has 0 radical (unpaired) electrons. The van der Waals surface area contributed by atoms with Crippen LogP contribution in [0.4, 0.5) is 0 Å². The first-order valence-corrected chi connectivity index (χ1v) is 10.0. The maximum absolute atomic E-state index is 11.5. The van der Waals surface area contributed by atoms with Crippen molar-refractivity contribution in [1.29, 1.82) is 5.26 Å². The number of ether oxygens (including phenoxy) is 1. The van der Waals surface area contributed by atoms with E-state index in [1.54, 1.807) is 6.07 Å². The summed E-state index contributed by atoms with van der Waals surface area (Å²) in [4.78, 5) is 0. The first kappa shape index (κ1) is 17.5. The summed E-state index contributed by atoms with van der Waals surface area (Å²) in [6.45, 7) is 0.938. The van der Waals surface area contributed by atoms with Gasteiger partial charge in [0, 0.05) is 18.2 Å². The first-order valence-electron chi connectivity index (χ1n) is 8.19. The van der Waals surface area contributed by atoms with Crippen LogP contribution in [0.15, 0.2) is 48.5 Å². The third-order valence-corrected chi connectivity index (χ3v) is 6.03. The smallest absolute Gasteiger partial charge is 0.151 e.